The van der Waals surface area contributed by atoms with E-state index in [1.807, 2.05) is 56.4 Å². The average molecular weight is 498 g/mol. The van der Waals surface area contributed by atoms with Crippen molar-refractivity contribution in [2.45, 2.75) is 36.2 Å². The maximum absolute atomic E-state index is 13.2. The van der Waals surface area contributed by atoms with Crippen molar-refractivity contribution >= 4 is 23.4 Å². The summed E-state index contributed by atoms with van der Waals surface area (Å²) in [5.41, 5.74) is 3.73. The minimum absolute atomic E-state index is 0.335. The molecule has 1 aromatic heterocycles. The van der Waals surface area contributed by atoms with E-state index in [-0.39, 0.29) is 5.97 Å². The molecule has 3 aromatic carbocycles. The Morgan fingerprint density at radius 3 is 2.47 bits per heavy atom. The van der Waals surface area contributed by atoms with Crippen LogP contribution in [-0.2, 0) is 17.4 Å². The van der Waals surface area contributed by atoms with Crippen molar-refractivity contribution in [3.05, 3.63) is 94.7 Å². The van der Waals surface area contributed by atoms with Crippen LogP contribution in [0.2, 0.25) is 0 Å². The average Bonchev–Trinajstić information content (AvgIpc) is 3.34. The summed E-state index contributed by atoms with van der Waals surface area (Å²) >= 11 is 1.70. The highest BCUT2D eigenvalue weighted by atomic mass is 32.2. The van der Waals surface area contributed by atoms with E-state index >= 15 is 0 Å². The lowest BCUT2D eigenvalue weighted by Gasteiger charge is -2.36. The summed E-state index contributed by atoms with van der Waals surface area (Å²) in [5, 5.41) is 4.66. The first-order valence-corrected chi connectivity index (χ1v) is 13.0. The Labute approximate surface area is 214 Å². The second kappa shape index (κ2) is 8.45. The molecule has 3 heterocycles. The maximum atomic E-state index is 13.2. The van der Waals surface area contributed by atoms with Gasteiger partial charge in [-0.15, -0.1) is 0 Å². The Balaban J connectivity index is 1.66. The van der Waals surface area contributed by atoms with Crippen molar-refractivity contribution in [1.29, 1.82) is 0 Å². The van der Waals surface area contributed by atoms with E-state index in [0.717, 1.165) is 51.0 Å². The molecule has 0 saturated heterocycles. The van der Waals surface area contributed by atoms with E-state index in [1.165, 1.54) is 0 Å². The molecular formula is C29H27N3O3S. The van der Waals surface area contributed by atoms with Crippen LogP contribution in [0.5, 0.6) is 11.6 Å². The second-order valence-corrected chi connectivity index (χ2v) is 10.1. The third kappa shape index (κ3) is 3.19. The molecule has 6 nitrogen and oxygen atoms in total. The second-order valence-electron chi connectivity index (χ2n) is 9.01. The molecule has 182 valence electrons. The Kier molecular flexibility index (Phi) is 5.34. The SMILES string of the molecule is CCN(CC)c1cc2c(cc1Sc1ccccc1)C1(OC(=O)c3ccccc31)c1c(C)nn(C)c1O2. The molecule has 6 rings (SSSR count). The van der Waals surface area contributed by atoms with Crippen LogP contribution in [0, 0.1) is 6.92 Å². The highest BCUT2D eigenvalue weighted by molar-refractivity contribution is 7.99. The van der Waals surface area contributed by atoms with Crippen molar-refractivity contribution in [1.82, 2.24) is 9.78 Å². The molecule has 0 amide bonds. The quantitative estimate of drug-likeness (QED) is 0.302. The van der Waals surface area contributed by atoms with E-state index in [2.05, 4.69) is 48.1 Å². The van der Waals surface area contributed by atoms with Crippen LogP contribution in [0.1, 0.15) is 46.6 Å². The number of hydrogen-bond donors (Lipinski definition) is 0. The number of esters is 1. The number of anilines is 1. The zero-order valence-electron chi connectivity index (χ0n) is 20.7. The van der Waals surface area contributed by atoms with Gasteiger partial charge in [0.1, 0.15) is 5.75 Å². The largest absolute Gasteiger partial charge is 0.440 e. The van der Waals surface area contributed by atoms with Gasteiger partial charge in [-0.2, -0.15) is 5.10 Å². The number of nitrogens with zero attached hydrogens (tertiary/aromatic N) is 3. The number of aromatic nitrogens is 2. The minimum Gasteiger partial charge on any atom is -0.440 e. The minimum atomic E-state index is -1.12. The number of hydrogen-bond acceptors (Lipinski definition) is 6. The first-order chi connectivity index (χ1) is 17.5. The molecule has 0 saturated carbocycles. The zero-order valence-corrected chi connectivity index (χ0v) is 21.6. The van der Waals surface area contributed by atoms with E-state index in [4.69, 9.17) is 9.47 Å². The van der Waals surface area contributed by atoms with Crippen molar-refractivity contribution < 1.29 is 14.3 Å². The molecule has 0 fully saturated rings. The Bertz CT molecular complexity index is 1490. The van der Waals surface area contributed by atoms with Gasteiger partial charge in [-0.05, 0) is 45.0 Å². The third-order valence-electron chi connectivity index (χ3n) is 7.02. The molecule has 0 bridgehead atoms. The van der Waals surface area contributed by atoms with Crippen LogP contribution < -0.4 is 9.64 Å². The lowest BCUT2D eigenvalue weighted by atomic mass is 9.78. The van der Waals surface area contributed by atoms with Crippen molar-refractivity contribution in [3.63, 3.8) is 0 Å². The summed E-state index contributed by atoms with van der Waals surface area (Å²) in [5.74, 6) is 0.936. The Hall–Kier alpha value is -3.71. The fraction of sp³-hybridized carbons (Fsp3) is 0.241. The molecule has 1 spiro atoms. The summed E-state index contributed by atoms with van der Waals surface area (Å²) < 4.78 is 14.6. The lowest BCUT2D eigenvalue weighted by Crippen LogP contribution is -2.34. The van der Waals surface area contributed by atoms with Crippen molar-refractivity contribution in [2.24, 2.45) is 7.05 Å². The highest BCUT2D eigenvalue weighted by Gasteiger charge is 2.56. The van der Waals surface area contributed by atoms with Gasteiger partial charge in [0.05, 0.1) is 22.5 Å². The van der Waals surface area contributed by atoms with Crippen LogP contribution in [0.3, 0.4) is 0 Å². The van der Waals surface area contributed by atoms with Gasteiger partial charge in [0.2, 0.25) is 5.88 Å². The Morgan fingerprint density at radius 2 is 1.72 bits per heavy atom. The lowest BCUT2D eigenvalue weighted by molar-refractivity contribution is 0.0220. The molecule has 0 N–H and O–H groups in total. The number of ether oxygens (including phenoxy) is 2. The van der Waals surface area contributed by atoms with Crippen LogP contribution in [0.4, 0.5) is 5.69 Å². The molecule has 36 heavy (non-hydrogen) atoms. The molecule has 2 aliphatic rings. The van der Waals surface area contributed by atoms with Gasteiger partial charge >= 0.3 is 5.97 Å². The van der Waals surface area contributed by atoms with Crippen LogP contribution >= 0.6 is 11.8 Å². The molecular weight excluding hydrogens is 470 g/mol. The summed E-state index contributed by atoms with van der Waals surface area (Å²) in [7, 11) is 1.86. The smallest absolute Gasteiger partial charge is 0.340 e. The topological polar surface area (TPSA) is 56.6 Å². The molecule has 0 radical (unpaired) electrons. The van der Waals surface area contributed by atoms with Gasteiger partial charge in [0.15, 0.2) is 5.60 Å². The highest BCUT2D eigenvalue weighted by Crippen LogP contribution is 2.58. The molecule has 0 aliphatic carbocycles. The standard InChI is InChI=1S/C29H27N3O3S/c1-5-32(6-2)23-17-24-22(16-25(23)36-19-12-8-7-9-13-19)29(26-18(3)30-31(4)27(26)34-24)21-15-11-10-14-20(21)28(33)35-29/h7-17H,5-6H2,1-4H3. The van der Waals surface area contributed by atoms with Crippen molar-refractivity contribution in [2.75, 3.05) is 18.0 Å². The molecule has 1 atom stereocenters. The van der Waals surface area contributed by atoms with E-state index in [9.17, 15) is 4.79 Å². The predicted octanol–water partition coefficient (Wildman–Crippen LogP) is 6.29. The van der Waals surface area contributed by atoms with Crippen LogP contribution in [0.25, 0.3) is 0 Å². The molecule has 1 unspecified atom stereocenters. The van der Waals surface area contributed by atoms with Crippen molar-refractivity contribution in [3.8, 4) is 11.6 Å². The third-order valence-corrected chi connectivity index (χ3v) is 8.07. The predicted molar refractivity (Wildman–Crippen MR) is 140 cm³/mol. The van der Waals surface area contributed by atoms with E-state index in [1.54, 1.807) is 16.4 Å². The first-order valence-electron chi connectivity index (χ1n) is 12.2. The maximum Gasteiger partial charge on any atom is 0.340 e. The molecule has 2 aliphatic heterocycles. The number of carbonyl (C=O) groups excluding carboxylic acids is 1. The van der Waals surface area contributed by atoms with Gasteiger partial charge in [-0.25, -0.2) is 9.48 Å². The van der Waals surface area contributed by atoms with Gasteiger partial charge in [-0.3, -0.25) is 0 Å². The van der Waals surface area contributed by atoms with Gasteiger partial charge in [0.25, 0.3) is 0 Å². The fourth-order valence-electron chi connectivity index (χ4n) is 5.42. The molecule has 4 aromatic rings. The fourth-order valence-corrected chi connectivity index (χ4v) is 6.44. The van der Waals surface area contributed by atoms with Gasteiger partial charge in [-0.1, -0.05) is 48.2 Å². The number of carbonyl (C=O) groups is 1. The molecule has 7 heteroatoms. The number of aryl methyl sites for hydroxylation is 2. The van der Waals surface area contributed by atoms with Gasteiger partial charge in [0, 0.05) is 47.1 Å². The van der Waals surface area contributed by atoms with E-state index in [0.29, 0.717) is 17.2 Å². The van der Waals surface area contributed by atoms with Gasteiger partial charge < -0.3 is 14.4 Å². The summed E-state index contributed by atoms with van der Waals surface area (Å²) in [6, 6.07) is 22.2. The van der Waals surface area contributed by atoms with Crippen LogP contribution in [-0.4, -0.2) is 28.8 Å². The normalized spacial score (nSPS) is 17.3. The zero-order chi connectivity index (χ0) is 25.0. The summed E-state index contributed by atoms with van der Waals surface area (Å²) in [4.78, 5) is 17.8. The Morgan fingerprint density at radius 1 is 1.00 bits per heavy atom. The first kappa shape index (κ1) is 22.7. The number of fused-ring (bicyclic) bond motifs is 6. The van der Waals surface area contributed by atoms with Crippen LogP contribution in [0.15, 0.2) is 76.5 Å². The monoisotopic (exact) mass is 497 g/mol. The number of rotatable bonds is 5. The number of benzene rings is 3. The summed E-state index contributed by atoms with van der Waals surface area (Å²) in [6.45, 7) is 7.96. The van der Waals surface area contributed by atoms with E-state index < -0.39 is 5.60 Å². The summed E-state index contributed by atoms with van der Waals surface area (Å²) in [6.07, 6.45) is 0.